The van der Waals surface area contributed by atoms with Crippen LogP contribution in [0, 0.1) is 0 Å². The van der Waals surface area contributed by atoms with E-state index in [4.69, 9.17) is 23.2 Å². The van der Waals surface area contributed by atoms with Crippen LogP contribution in [0.5, 0.6) is 0 Å². The zero-order chi connectivity index (χ0) is 14.2. The molecule has 0 radical (unpaired) electrons. The van der Waals surface area contributed by atoms with E-state index in [-0.39, 0.29) is 16.0 Å². The predicted molar refractivity (Wildman–Crippen MR) is 81.4 cm³/mol. The van der Waals surface area contributed by atoms with Crippen molar-refractivity contribution in [2.45, 2.75) is 37.1 Å². The van der Waals surface area contributed by atoms with E-state index < -0.39 is 10.0 Å². The molecule has 1 heterocycles. The molecule has 0 spiro atoms. The molecule has 1 aliphatic rings. The van der Waals surface area contributed by atoms with Crippen molar-refractivity contribution in [3.63, 3.8) is 0 Å². The molecule has 0 unspecified atom stereocenters. The molecule has 1 aromatic carbocycles. The Hall–Kier alpha value is 0.190. The SMILES string of the molecule is C[C@H]1CCCCN1S(=O)(=O)c1cc(Cl)c(Cl)cc1Br. The fourth-order valence-electron chi connectivity index (χ4n) is 2.26. The van der Waals surface area contributed by atoms with Gasteiger partial charge in [-0.05, 0) is 47.8 Å². The van der Waals surface area contributed by atoms with Crippen LogP contribution < -0.4 is 0 Å². The Morgan fingerprint density at radius 3 is 2.53 bits per heavy atom. The molecule has 1 aromatic rings. The molecular weight excluding hydrogens is 373 g/mol. The minimum Gasteiger partial charge on any atom is -0.207 e. The van der Waals surface area contributed by atoms with Gasteiger partial charge in [0.2, 0.25) is 10.0 Å². The molecule has 7 heteroatoms. The number of hydrogen-bond acceptors (Lipinski definition) is 2. The van der Waals surface area contributed by atoms with Crippen LogP contribution >= 0.6 is 39.1 Å². The summed E-state index contributed by atoms with van der Waals surface area (Å²) in [6.07, 6.45) is 2.84. The van der Waals surface area contributed by atoms with Crippen LogP contribution in [0.15, 0.2) is 21.5 Å². The molecule has 0 N–H and O–H groups in total. The first-order valence-corrected chi connectivity index (χ1v) is 8.99. The van der Waals surface area contributed by atoms with Crippen molar-refractivity contribution in [3.05, 3.63) is 26.7 Å². The summed E-state index contributed by atoms with van der Waals surface area (Å²) < 4.78 is 27.3. The van der Waals surface area contributed by atoms with Crippen molar-refractivity contribution in [2.24, 2.45) is 0 Å². The molecule has 1 aliphatic heterocycles. The van der Waals surface area contributed by atoms with Gasteiger partial charge in [0, 0.05) is 17.1 Å². The first kappa shape index (κ1) is 15.6. The highest BCUT2D eigenvalue weighted by atomic mass is 79.9. The quantitative estimate of drug-likeness (QED) is 0.709. The number of nitrogens with zero attached hydrogens (tertiary/aromatic N) is 1. The van der Waals surface area contributed by atoms with Gasteiger partial charge in [0.05, 0.1) is 14.9 Å². The topological polar surface area (TPSA) is 37.4 Å². The summed E-state index contributed by atoms with van der Waals surface area (Å²) in [4.78, 5) is 0.177. The summed E-state index contributed by atoms with van der Waals surface area (Å²) in [5, 5.41) is 0.576. The van der Waals surface area contributed by atoms with Crippen molar-refractivity contribution >= 4 is 49.2 Å². The van der Waals surface area contributed by atoms with Crippen molar-refractivity contribution < 1.29 is 8.42 Å². The highest BCUT2D eigenvalue weighted by Gasteiger charge is 2.32. The summed E-state index contributed by atoms with van der Waals surface area (Å²) in [5.74, 6) is 0. The maximum atomic E-state index is 12.7. The van der Waals surface area contributed by atoms with Gasteiger partial charge in [-0.1, -0.05) is 29.6 Å². The minimum atomic E-state index is -3.54. The predicted octanol–water partition coefficient (Wildman–Crippen LogP) is 4.32. The smallest absolute Gasteiger partial charge is 0.207 e. The second-order valence-electron chi connectivity index (χ2n) is 4.66. The van der Waals surface area contributed by atoms with Crippen molar-refractivity contribution in [1.29, 1.82) is 0 Å². The van der Waals surface area contributed by atoms with Gasteiger partial charge in [-0.25, -0.2) is 8.42 Å². The molecule has 19 heavy (non-hydrogen) atoms. The highest BCUT2D eigenvalue weighted by Crippen LogP contribution is 2.35. The van der Waals surface area contributed by atoms with Crippen LogP contribution in [0.3, 0.4) is 0 Å². The molecule has 0 aromatic heterocycles. The molecule has 106 valence electrons. The lowest BCUT2D eigenvalue weighted by atomic mass is 10.1. The highest BCUT2D eigenvalue weighted by molar-refractivity contribution is 9.10. The molecule has 1 atom stereocenters. The van der Waals surface area contributed by atoms with E-state index >= 15 is 0 Å². The Morgan fingerprint density at radius 1 is 1.26 bits per heavy atom. The Bertz CT molecular complexity index is 592. The third-order valence-electron chi connectivity index (χ3n) is 3.30. The number of piperidine rings is 1. The lowest BCUT2D eigenvalue weighted by Gasteiger charge is -2.32. The lowest BCUT2D eigenvalue weighted by Crippen LogP contribution is -2.42. The normalized spacial score (nSPS) is 21.6. The summed E-state index contributed by atoms with van der Waals surface area (Å²) in [5.41, 5.74) is 0. The fraction of sp³-hybridized carbons (Fsp3) is 0.500. The van der Waals surface area contributed by atoms with Crippen LogP contribution in [-0.2, 0) is 10.0 Å². The monoisotopic (exact) mass is 385 g/mol. The lowest BCUT2D eigenvalue weighted by molar-refractivity contribution is 0.268. The van der Waals surface area contributed by atoms with E-state index in [0.717, 1.165) is 19.3 Å². The van der Waals surface area contributed by atoms with Gasteiger partial charge in [0.15, 0.2) is 0 Å². The Morgan fingerprint density at radius 2 is 1.89 bits per heavy atom. The number of hydrogen-bond donors (Lipinski definition) is 0. The van der Waals surface area contributed by atoms with Crippen molar-refractivity contribution in [1.82, 2.24) is 4.31 Å². The molecule has 2 rings (SSSR count). The summed E-state index contributed by atoms with van der Waals surface area (Å²) in [6, 6.07) is 2.94. The van der Waals surface area contributed by atoms with Gasteiger partial charge in [0.1, 0.15) is 0 Å². The maximum absolute atomic E-state index is 12.7. The van der Waals surface area contributed by atoms with Gasteiger partial charge in [-0.2, -0.15) is 4.31 Å². The Labute approximate surface area is 132 Å². The average molecular weight is 387 g/mol. The fourth-order valence-corrected chi connectivity index (χ4v) is 5.51. The van der Waals surface area contributed by atoms with Crippen LogP contribution in [-0.4, -0.2) is 25.3 Å². The number of halogens is 3. The number of sulfonamides is 1. The standard InChI is InChI=1S/C12H14BrCl2NO2S/c1-8-4-2-3-5-16(8)19(17,18)12-7-11(15)10(14)6-9(12)13/h6-8H,2-5H2,1H3/t8-/m0/s1. The number of benzene rings is 1. The maximum Gasteiger partial charge on any atom is 0.244 e. The minimum absolute atomic E-state index is 0.0140. The Kier molecular flexibility index (Phi) is 4.83. The van der Waals surface area contributed by atoms with Gasteiger partial charge in [0.25, 0.3) is 0 Å². The third-order valence-corrected chi connectivity index (χ3v) is 7.00. The van der Waals surface area contributed by atoms with E-state index in [0.29, 0.717) is 16.0 Å². The third kappa shape index (κ3) is 3.10. The van der Waals surface area contributed by atoms with Gasteiger partial charge < -0.3 is 0 Å². The van der Waals surface area contributed by atoms with Crippen molar-refractivity contribution in [2.75, 3.05) is 6.54 Å². The molecule has 0 bridgehead atoms. The molecular formula is C12H14BrCl2NO2S. The van der Waals surface area contributed by atoms with Gasteiger partial charge in [-0.15, -0.1) is 0 Å². The first-order valence-electron chi connectivity index (χ1n) is 6.00. The summed E-state index contributed by atoms with van der Waals surface area (Å²) >= 11 is 15.1. The average Bonchev–Trinajstić information content (AvgIpc) is 2.34. The van der Waals surface area contributed by atoms with Crippen LogP contribution in [0.25, 0.3) is 0 Å². The molecule has 0 amide bonds. The second kappa shape index (κ2) is 5.90. The molecule has 1 fully saturated rings. The molecule has 0 aliphatic carbocycles. The van der Waals surface area contributed by atoms with E-state index in [1.54, 1.807) is 4.31 Å². The van der Waals surface area contributed by atoms with Gasteiger partial charge >= 0.3 is 0 Å². The van der Waals surface area contributed by atoms with E-state index in [1.165, 1.54) is 12.1 Å². The zero-order valence-corrected chi connectivity index (χ0v) is 14.3. The Balaban J connectivity index is 2.47. The van der Waals surface area contributed by atoms with Crippen LogP contribution in [0.2, 0.25) is 10.0 Å². The second-order valence-corrected chi connectivity index (χ2v) is 8.19. The summed E-state index contributed by atoms with van der Waals surface area (Å²) in [6.45, 7) is 2.48. The van der Waals surface area contributed by atoms with Crippen molar-refractivity contribution in [3.8, 4) is 0 Å². The molecule has 3 nitrogen and oxygen atoms in total. The van der Waals surface area contributed by atoms with Crippen LogP contribution in [0.4, 0.5) is 0 Å². The molecule has 1 saturated heterocycles. The zero-order valence-electron chi connectivity index (χ0n) is 10.4. The largest absolute Gasteiger partial charge is 0.244 e. The first-order chi connectivity index (χ1) is 8.84. The number of rotatable bonds is 2. The summed E-state index contributed by atoms with van der Waals surface area (Å²) in [7, 11) is -3.54. The van der Waals surface area contributed by atoms with E-state index in [2.05, 4.69) is 15.9 Å². The van der Waals surface area contributed by atoms with Gasteiger partial charge in [-0.3, -0.25) is 0 Å². The van der Waals surface area contributed by atoms with Crippen LogP contribution in [0.1, 0.15) is 26.2 Å². The molecule has 0 saturated carbocycles. The van der Waals surface area contributed by atoms with E-state index in [1.807, 2.05) is 6.92 Å². The van der Waals surface area contributed by atoms with E-state index in [9.17, 15) is 8.42 Å².